The van der Waals surface area contributed by atoms with Gasteiger partial charge in [-0.15, -0.1) is 0 Å². The van der Waals surface area contributed by atoms with E-state index >= 15 is 0 Å². The fourth-order valence-corrected chi connectivity index (χ4v) is 5.37. The molecule has 0 spiro atoms. The van der Waals surface area contributed by atoms with Gasteiger partial charge in [-0.3, -0.25) is 0 Å². The van der Waals surface area contributed by atoms with E-state index in [9.17, 15) is 5.26 Å². The van der Waals surface area contributed by atoms with E-state index in [-0.39, 0.29) is 5.41 Å². The van der Waals surface area contributed by atoms with Crippen molar-refractivity contribution < 1.29 is 0 Å². The number of likely N-dealkylation sites (N-methyl/N-ethyl adjacent to an activating group) is 1. The summed E-state index contributed by atoms with van der Waals surface area (Å²) in [6.45, 7) is 10.7. The van der Waals surface area contributed by atoms with Gasteiger partial charge in [0, 0.05) is 31.9 Å². The van der Waals surface area contributed by atoms with E-state index in [2.05, 4.69) is 80.1 Å². The number of nitrogens with zero attached hydrogens (tertiary/aromatic N) is 3. The normalized spacial score (nSPS) is 17.1. The average Bonchev–Trinajstić information content (AvgIpc) is 2.77. The van der Waals surface area contributed by atoms with Gasteiger partial charge in [-0.25, -0.2) is 0 Å². The summed E-state index contributed by atoms with van der Waals surface area (Å²) in [5.74, 6) is 0.814. The average molecular weight is 452 g/mol. The van der Waals surface area contributed by atoms with Gasteiger partial charge in [0.2, 0.25) is 0 Å². The van der Waals surface area contributed by atoms with Crippen molar-refractivity contribution in [3.8, 4) is 6.07 Å². The molecule has 1 aliphatic rings. The predicted molar refractivity (Wildman–Crippen MR) is 137 cm³/mol. The molecule has 2 aromatic rings. The maximum absolute atomic E-state index is 10.4. The van der Waals surface area contributed by atoms with Crippen LogP contribution in [0.25, 0.3) is 0 Å². The third-order valence-electron chi connectivity index (χ3n) is 6.17. The van der Waals surface area contributed by atoms with Gasteiger partial charge in [-0.2, -0.15) is 5.26 Å². The van der Waals surface area contributed by atoms with Crippen LogP contribution in [0.5, 0.6) is 0 Å². The molecule has 164 valence electrons. The first-order valence-corrected chi connectivity index (χ1v) is 12.3. The second-order valence-corrected chi connectivity index (χ2v) is 11.1. The Morgan fingerprint density at radius 3 is 2.03 bits per heavy atom. The summed E-state index contributed by atoms with van der Waals surface area (Å²) in [5, 5.41) is 10.4. The quantitative estimate of drug-likeness (QED) is 0.564. The molecule has 0 amide bonds. The number of nitriles is 1. The number of hydrogen-bond donors (Lipinski definition) is 0. The van der Waals surface area contributed by atoms with Crippen molar-refractivity contribution in [1.82, 2.24) is 9.80 Å². The van der Waals surface area contributed by atoms with Gasteiger partial charge in [0.25, 0.3) is 0 Å². The molecular weight excluding hydrogens is 418 g/mol. The lowest BCUT2D eigenvalue weighted by molar-refractivity contribution is 0.220. The topological polar surface area (TPSA) is 30.3 Å². The van der Waals surface area contributed by atoms with E-state index in [0.29, 0.717) is 0 Å². The Hall–Kier alpha value is -1.87. The third-order valence-corrected chi connectivity index (χ3v) is 7.69. The zero-order valence-corrected chi connectivity index (χ0v) is 20.7. The van der Waals surface area contributed by atoms with E-state index in [4.69, 9.17) is 12.2 Å². The van der Waals surface area contributed by atoms with Gasteiger partial charge >= 0.3 is 0 Å². The highest BCUT2D eigenvalue weighted by Crippen LogP contribution is 2.37. The molecule has 3 rings (SSSR count). The molecule has 1 unspecified atom stereocenters. The molecule has 0 aliphatic carbocycles. The van der Waals surface area contributed by atoms with Crippen LogP contribution in [0.4, 0.5) is 0 Å². The molecule has 0 bridgehead atoms. The molecule has 1 fully saturated rings. The molecule has 2 aromatic carbocycles. The number of thioether (sulfide) groups is 1. The Kier molecular flexibility index (Phi) is 7.80. The number of rotatable bonds is 5. The summed E-state index contributed by atoms with van der Waals surface area (Å²) >= 11 is 7.43. The summed E-state index contributed by atoms with van der Waals surface area (Å²) in [6, 6.07) is 21.5. The smallest absolute Gasteiger partial charge is 0.136 e. The summed E-state index contributed by atoms with van der Waals surface area (Å²) in [6.07, 6.45) is 0.723. The number of hydrogen-bond acceptors (Lipinski definition) is 4. The van der Waals surface area contributed by atoms with Gasteiger partial charge in [0.05, 0.1) is 6.07 Å². The Bertz CT molecular complexity index is 904. The van der Waals surface area contributed by atoms with Crippen LogP contribution in [0, 0.1) is 11.3 Å². The van der Waals surface area contributed by atoms with E-state index < -0.39 is 5.41 Å². The molecule has 1 saturated heterocycles. The second-order valence-electron chi connectivity index (χ2n) is 9.37. The Morgan fingerprint density at radius 1 is 0.935 bits per heavy atom. The van der Waals surface area contributed by atoms with E-state index in [1.807, 2.05) is 18.2 Å². The lowest BCUT2D eigenvalue weighted by Gasteiger charge is -2.34. The molecular formula is C26H33N3S2. The van der Waals surface area contributed by atoms with Crippen LogP contribution >= 0.6 is 24.0 Å². The van der Waals surface area contributed by atoms with Crippen LogP contribution in [0.1, 0.15) is 43.9 Å². The molecule has 3 nitrogen and oxygen atoms in total. The number of thiocarbonyl (C=S) groups is 1. The van der Waals surface area contributed by atoms with E-state index in [0.717, 1.165) is 53.8 Å². The maximum Gasteiger partial charge on any atom is 0.136 e. The minimum absolute atomic E-state index is 0.0884. The van der Waals surface area contributed by atoms with Crippen LogP contribution < -0.4 is 0 Å². The summed E-state index contributed by atoms with van der Waals surface area (Å²) in [7, 11) is 2.15. The first-order chi connectivity index (χ1) is 14.8. The SMILES string of the molecule is CN1CCN(C(=S)SCCC(C#N)(c2ccccc2)c2ccc(C(C)(C)C)cc2)CC1. The first-order valence-electron chi connectivity index (χ1n) is 10.9. The summed E-state index contributed by atoms with van der Waals surface area (Å²) in [5.41, 5.74) is 2.79. The lowest BCUT2D eigenvalue weighted by Crippen LogP contribution is -2.45. The largest absolute Gasteiger partial charge is 0.355 e. The summed E-state index contributed by atoms with van der Waals surface area (Å²) in [4.78, 5) is 4.63. The monoisotopic (exact) mass is 451 g/mol. The fraction of sp³-hybridized carbons (Fsp3) is 0.462. The standard InChI is InChI=1S/C26H33N3S2/c1-25(2,3)21-10-12-23(13-11-21)26(20-27,22-8-6-5-7-9-22)14-19-31-24(30)29-17-15-28(4)16-18-29/h5-13H,14-19H2,1-4H3. The summed E-state index contributed by atoms with van der Waals surface area (Å²) < 4.78 is 0.955. The molecule has 5 heteroatoms. The van der Waals surface area contributed by atoms with Crippen molar-refractivity contribution in [3.63, 3.8) is 0 Å². The second kappa shape index (κ2) is 10.2. The zero-order valence-electron chi connectivity index (χ0n) is 19.1. The molecule has 0 N–H and O–H groups in total. The minimum Gasteiger partial charge on any atom is -0.355 e. The van der Waals surface area contributed by atoms with Crippen molar-refractivity contribution in [2.45, 2.75) is 38.0 Å². The van der Waals surface area contributed by atoms with Crippen molar-refractivity contribution in [1.29, 1.82) is 5.26 Å². The number of benzene rings is 2. The van der Waals surface area contributed by atoms with Gasteiger partial charge in [0.15, 0.2) is 0 Å². The highest BCUT2D eigenvalue weighted by atomic mass is 32.2. The molecule has 1 atom stereocenters. The molecule has 0 radical (unpaired) electrons. The van der Waals surface area contributed by atoms with Crippen molar-refractivity contribution >= 4 is 28.3 Å². The molecule has 1 heterocycles. The lowest BCUT2D eigenvalue weighted by atomic mass is 9.73. The van der Waals surface area contributed by atoms with Gasteiger partial charge < -0.3 is 9.80 Å². The molecule has 1 aliphatic heterocycles. The van der Waals surface area contributed by atoms with Crippen LogP contribution in [0.2, 0.25) is 0 Å². The van der Waals surface area contributed by atoms with Gasteiger partial charge in [-0.1, -0.05) is 99.3 Å². The minimum atomic E-state index is -0.678. The van der Waals surface area contributed by atoms with Crippen molar-refractivity contribution in [2.75, 3.05) is 39.0 Å². The van der Waals surface area contributed by atoms with Crippen LogP contribution in [-0.2, 0) is 10.8 Å². The van der Waals surface area contributed by atoms with Crippen LogP contribution in [0.15, 0.2) is 54.6 Å². The molecule has 31 heavy (non-hydrogen) atoms. The molecule has 0 aromatic heterocycles. The van der Waals surface area contributed by atoms with Crippen LogP contribution in [-0.4, -0.2) is 53.1 Å². The number of piperazine rings is 1. The van der Waals surface area contributed by atoms with Crippen molar-refractivity contribution in [2.24, 2.45) is 0 Å². The van der Waals surface area contributed by atoms with Crippen LogP contribution in [0.3, 0.4) is 0 Å². The third kappa shape index (κ3) is 5.68. The van der Waals surface area contributed by atoms with E-state index in [1.54, 1.807) is 11.8 Å². The molecule has 0 saturated carbocycles. The maximum atomic E-state index is 10.4. The van der Waals surface area contributed by atoms with Crippen molar-refractivity contribution in [3.05, 3.63) is 71.3 Å². The van der Waals surface area contributed by atoms with Gasteiger partial charge in [0.1, 0.15) is 9.74 Å². The highest BCUT2D eigenvalue weighted by molar-refractivity contribution is 8.22. The zero-order chi connectivity index (χ0) is 22.5. The predicted octanol–water partition coefficient (Wildman–Crippen LogP) is 5.45. The van der Waals surface area contributed by atoms with E-state index in [1.165, 1.54) is 5.56 Å². The fourth-order valence-electron chi connectivity index (χ4n) is 3.99. The van der Waals surface area contributed by atoms with Gasteiger partial charge in [-0.05, 0) is 35.6 Å². The Balaban J connectivity index is 1.80. The highest BCUT2D eigenvalue weighted by Gasteiger charge is 2.34. The first kappa shape index (κ1) is 23.8. The Labute approximate surface area is 197 Å². The Morgan fingerprint density at radius 2 is 1.48 bits per heavy atom.